The number of aryl methyl sites for hydroxylation is 1. The van der Waals surface area contributed by atoms with Crippen molar-refractivity contribution in [2.45, 2.75) is 11.8 Å². The maximum absolute atomic E-state index is 12.6. The second-order valence-electron chi connectivity index (χ2n) is 10.5. The number of nitro benzene ring substituents is 2. The summed E-state index contributed by atoms with van der Waals surface area (Å²) in [6, 6.07) is 21.9. The Kier molecular flexibility index (Phi) is 16.6. The van der Waals surface area contributed by atoms with E-state index in [0.29, 0.717) is 5.39 Å². The Balaban J connectivity index is 0.000000368. The molecule has 55 heavy (non-hydrogen) atoms. The van der Waals surface area contributed by atoms with Crippen LogP contribution in [0.3, 0.4) is 0 Å². The number of nitrogens with zero attached hydrogens (tertiary/aromatic N) is 8. The van der Waals surface area contributed by atoms with E-state index in [9.17, 15) is 48.8 Å². The third-order valence-electron chi connectivity index (χ3n) is 7.10. The van der Waals surface area contributed by atoms with Gasteiger partial charge in [-0.2, -0.15) is 13.5 Å². The SMILES string of the molecule is Cc1nn(-c2ccc(S(=O)(=O)O)cc2)c(=O)[c-]1N=Nc1cc([N+](=O)[O-])ccc1O.O=[N+]([O-])c1ccc(O)c(N=Nc2c(O)ccc3ccccc23)c1.[Cr].[Na+].[Na+]. The van der Waals surface area contributed by atoms with Crippen LogP contribution in [0.4, 0.5) is 34.1 Å². The van der Waals surface area contributed by atoms with Crippen molar-refractivity contribution in [3.05, 3.63) is 133 Å². The minimum atomic E-state index is -4.38. The summed E-state index contributed by atoms with van der Waals surface area (Å²) in [5.41, 5.74) is -1.01. The summed E-state index contributed by atoms with van der Waals surface area (Å²) < 4.78 is 32.2. The summed E-state index contributed by atoms with van der Waals surface area (Å²) in [4.78, 5) is 32.6. The van der Waals surface area contributed by atoms with E-state index in [1.54, 1.807) is 18.2 Å². The van der Waals surface area contributed by atoms with Gasteiger partial charge in [0.1, 0.15) is 39.9 Å². The Morgan fingerprint density at radius 2 is 1.27 bits per heavy atom. The smallest absolute Gasteiger partial charge is 0.506 e. The Bertz CT molecular complexity index is 2600. The average Bonchev–Trinajstić information content (AvgIpc) is 3.39. The summed E-state index contributed by atoms with van der Waals surface area (Å²) >= 11 is 0. The van der Waals surface area contributed by atoms with E-state index in [-0.39, 0.29) is 144 Å². The van der Waals surface area contributed by atoms with Crippen LogP contribution in [0.25, 0.3) is 16.5 Å². The minimum Gasteiger partial charge on any atom is -0.506 e. The molecule has 0 saturated carbocycles. The maximum Gasteiger partial charge on any atom is 1.00 e. The molecule has 0 saturated heterocycles. The van der Waals surface area contributed by atoms with Crippen molar-refractivity contribution in [1.29, 1.82) is 0 Å². The average molecular weight is 826 g/mol. The van der Waals surface area contributed by atoms with Crippen LogP contribution in [0, 0.1) is 27.2 Å². The Morgan fingerprint density at radius 3 is 1.82 bits per heavy atom. The van der Waals surface area contributed by atoms with Crippen LogP contribution >= 0.6 is 0 Å². The number of rotatable bonds is 8. The fraction of sp³-hybridized carbons (Fsp3) is 0.0312. The fourth-order valence-electron chi connectivity index (χ4n) is 4.51. The first-order valence-electron chi connectivity index (χ1n) is 14.5. The second kappa shape index (κ2) is 19.7. The van der Waals surface area contributed by atoms with Crippen LogP contribution in [0.5, 0.6) is 17.2 Å². The number of phenols is 3. The molecule has 0 aliphatic rings. The number of nitro groups is 2. The zero-order valence-electron chi connectivity index (χ0n) is 28.8. The molecule has 0 atom stereocenters. The van der Waals surface area contributed by atoms with Crippen LogP contribution in [-0.4, -0.2) is 47.9 Å². The molecule has 4 N–H and O–H groups in total. The van der Waals surface area contributed by atoms with Gasteiger partial charge in [0.05, 0.1) is 20.4 Å². The molecule has 0 unspecified atom stereocenters. The van der Waals surface area contributed by atoms with Gasteiger partial charge in [-0.25, -0.2) is 9.78 Å². The van der Waals surface area contributed by atoms with E-state index in [1.165, 1.54) is 37.3 Å². The number of benzene rings is 5. The number of fused-ring (bicyclic) bond motifs is 1. The molecule has 0 amide bonds. The summed E-state index contributed by atoms with van der Waals surface area (Å²) in [5, 5.41) is 71.9. The van der Waals surface area contributed by atoms with Crippen LogP contribution in [0.2, 0.25) is 0 Å². The number of non-ortho nitro benzene ring substituents is 2. The molecule has 19 nitrogen and oxygen atoms in total. The zero-order chi connectivity index (χ0) is 37.7. The van der Waals surface area contributed by atoms with Crippen LogP contribution in [-0.2, 0) is 27.5 Å². The predicted molar refractivity (Wildman–Crippen MR) is 183 cm³/mol. The Hall–Kier alpha value is -4.79. The van der Waals surface area contributed by atoms with Gasteiger partial charge in [0.2, 0.25) is 0 Å². The topological polar surface area (TPSA) is 286 Å². The summed E-state index contributed by atoms with van der Waals surface area (Å²) in [7, 11) is -4.38. The van der Waals surface area contributed by atoms with Crippen molar-refractivity contribution in [2.75, 3.05) is 0 Å². The number of aromatic hydroxyl groups is 3. The Morgan fingerprint density at radius 1 is 0.745 bits per heavy atom. The van der Waals surface area contributed by atoms with E-state index >= 15 is 0 Å². The molecule has 1 aromatic heterocycles. The normalized spacial score (nSPS) is 10.9. The Labute approximate surface area is 364 Å². The van der Waals surface area contributed by atoms with Crippen LogP contribution < -0.4 is 64.7 Å². The fourth-order valence-corrected chi connectivity index (χ4v) is 4.99. The molecule has 6 rings (SSSR count). The van der Waals surface area contributed by atoms with Crippen molar-refractivity contribution in [1.82, 2.24) is 9.78 Å². The summed E-state index contributed by atoms with van der Waals surface area (Å²) in [5.74, 6) is -0.672. The van der Waals surface area contributed by atoms with Crippen molar-refractivity contribution in [2.24, 2.45) is 20.5 Å². The molecule has 0 aliphatic heterocycles. The summed E-state index contributed by atoms with van der Waals surface area (Å²) in [6.45, 7) is 1.48. The van der Waals surface area contributed by atoms with Crippen LogP contribution in [0.1, 0.15) is 5.69 Å². The van der Waals surface area contributed by atoms with Gasteiger partial charge in [-0.05, 0) is 47.9 Å². The van der Waals surface area contributed by atoms with Gasteiger partial charge in [-0.1, -0.05) is 42.9 Å². The molecule has 23 heteroatoms. The first-order valence-corrected chi connectivity index (χ1v) is 15.9. The van der Waals surface area contributed by atoms with Crippen molar-refractivity contribution >= 4 is 55.0 Å². The van der Waals surface area contributed by atoms with E-state index in [1.807, 2.05) is 12.1 Å². The van der Waals surface area contributed by atoms with Crippen molar-refractivity contribution < 1.29 is 115 Å². The van der Waals surface area contributed by atoms with Gasteiger partial charge >= 0.3 is 59.1 Å². The van der Waals surface area contributed by atoms with E-state index < -0.39 is 25.5 Å². The first-order chi connectivity index (χ1) is 24.6. The largest absolute Gasteiger partial charge is 1.00 e. The van der Waals surface area contributed by atoms with E-state index in [4.69, 9.17) is 4.55 Å². The standard InChI is InChI=1S/C16H12N5O7S.C16H11N3O4.Cr.2Na/c1-9-15(18-17-13-8-11(21(24)25)4-7-14(13)22)16(23)20(19-9)10-2-5-12(6-3-10)29(26,27)28;20-14-8-6-11(19(22)23)9-13(14)17-18-16-12-4-2-1-3-10(12)5-7-15(16)21;;;/h2-8,22H,1H3,(H,26,27,28);1-9,20-21H;;;/q-1;;;2*+1. The molecule has 0 radical (unpaired) electrons. The van der Waals surface area contributed by atoms with Crippen molar-refractivity contribution in [3.63, 3.8) is 0 Å². The number of hydrogen-bond acceptors (Lipinski definition) is 15. The van der Waals surface area contributed by atoms with Gasteiger partial charge in [0.15, 0.2) is 0 Å². The maximum atomic E-state index is 12.6. The van der Waals surface area contributed by atoms with Crippen LogP contribution in [0.15, 0.2) is 127 Å². The number of azo groups is 2. The van der Waals surface area contributed by atoms with Gasteiger partial charge in [0.25, 0.3) is 21.5 Å². The first kappa shape index (κ1) is 46.4. The molecule has 270 valence electrons. The van der Waals surface area contributed by atoms with Gasteiger partial charge in [-0.3, -0.25) is 24.8 Å². The molecule has 6 aromatic rings. The van der Waals surface area contributed by atoms with Gasteiger partial charge in [-0.15, -0.1) is 15.9 Å². The molecule has 1 heterocycles. The summed E-state index contributed by atoms with van der Waals surface area (Å²) in [6.07, 6.45) is 0. The number of aromatic nitrogens is 2. The molecular weight excluding hydrogens is 802 g/mol. The molecular formula is C32H23CrN8Na2O11S+. The van der Waals surface area contributed by atoms with E-state index in [0.717, 1.165) is 46.5 Å². The molecule has 0 fully saturated rings. The van der Waals surface area contributed by atoms with Crippen molar-refractivity contribution in [3.8, 4) is 22.9 Å². The monoisotopic (exact) mass is 825 g/mol. The molecule has 0 spiro atoms. The third-order valence-corrected chi connectivity index (χ3v) is 7.97. The van der Waals surface area contributed by atoms with E-state index in [2.05, 4.69) is 25.6 Å². The van der Waals surface area contributed by atoms with Gasteiger partial charge in [0, 0.05) is 47.0 Å². The molecule has 0 aliphatic carbocycles. The molecule has 5 aromatic carbocycles. The molecule has 0 bridgehead atoms. The third kappa shape index (κ3) is 11.1. The number of hydrogen-bond donors (Lipinski definition) is 4. The quantitative estimate of drug-likeness (QED) is 0.0420. The predicted octanol–water partition coefficient (Wildman–Crippen LogP) is 1.12. The number of phenolic OH excluding ortho intramolecular Hbond substituents is 3. The zero-order valence-corrected chi connectivity index (χ0v) is 34.9. The van der Waals surface area contributed by atoms with Gasteiger partial charge < -0.3 is 25.2 Å². The minimum absolute atomic E-state index is 0. The second-order valence-corrected chi connectivity index (χ2v) is 12.0.